The summed E-state index contributed by atoms with van der Waals surface area (Å²) in [6, 6.07) is 0. The van der Waals surface area contributed by atoms with Crippen molar-refractivity contribution in [2.75, 3.05) is 0 Å². The summed E-state index contributed by atoms with van der Waals surface area (Å²) in [5.74, 6) is 1.16. The van der Waals surface area contributed by atoms with Crippen LogP contribution in [0.5, 0.6) is 0 Å². The van der Waals surface area contributed by atoms with E-state index >= 15 is 0 Å². The van der Waals surface area contributed by atoms with Gasteiger partial charge in [0.1, 0.15) is 0 Å². The van der Waals surface area contributed by atoms with Gasteiger partial charge < -0.3 is 5.11 Å². The Balaban J connectivity index is 2.98. The summed E-state index contributed by atoms with van der Waals surface area (Å²) in [7, 11) is 0. The average molecular weight is 304 g/mol. The van der Waals surface area contributed by atoms with Crippen molar-refractivity contribution in [2.45, 2.75) is 72.3 Å². The van der Waals surface area contributed by atoms with Crippen LogP contribution in [0, 0.1) is 11.8 Å². The second-order valence-corrected chi connectivity index (χ2v) is 7.39. The molecule has 0 saturated heterocycles. The number of carbonyl (C=O) groups excluding carboxylic acids is 1. The van der Waals surface area contributed by atoms with Gasteiger partial charge in [-0.15, -0.1) is 0 Å². The molecule has 0 aromatic carbocycles. The van der Waals surface area contributed by atoms with Gasteiger partial charge in [-0.25, -0.2) is 0 Å². The molecule has 2 heteroatoms. The summed E-state index contributed by atoms with van der Waals surface area (Å²) in [5, 5.41) is 10.5. The van der Waals surface area contributed by atoms with Crippen molar-refractivity contribution in [3.8, 4) is 0 Å². The van der Waals surface area contributed by atoms with Crippen LogP contribution in [0.15, 0.2) is 35.5 Å². The van der Waals surface area contributed by atoms with Crippen LogP contribution in [-0.2, 0) is 4.79 Å². The maximum absolute atomic E-state index is 12.0. The van der Waals surface area contributed by atoms with Gasteiger partial charge in [-0.2, -0.15) is 0 Å². The first-order chi connectivity index (χ1) is 10.2. The first kappa shape index (κ1) is 18.9. The Morgan fingerprint density at radius 3 is 2.59 bits per heavy atom. The average Bonchev–Trinajstić information content (AvgIpc) is 2.36. The van der Waals surface area contributed by atoms with Gasteiger partial charge in [0.2, 0.25) is 0 Å². The highest BCUT2D eigenvalue weighted by molar-refractivity contribution is 5.91. The van der Waals surface area contributed by atoms with Gasteiger partial charge in [-0.05, 0) is 64.4 Å². The van der Waals surface area contributed by atoms with Crippen molar-refractivity contribution in [3.05, 3.63) is 35.5 Å². The first-order valence-corrected chi connectivity index (χ1v) is 8.47. The highest BCUT2D eigenvalue weighted by atomic mass is 16.3. The third kappa shape index (κ3) is 7.22. The molecule has 1 N–H and O–H groups in total. The number of rotatable bonds is 1. The molecule has 0 spiro atoms. The largest absolute Gasteiger partial charge is 0.386 e. The number of hydrogen-bond acceptors (Lipinski definition) is 2. The zero-order valence-corrected chi connectivity index (χ0v) is 14.9. The molecule has 1 aliphatic rings. The molecule has 0 saturated carbocycles. The lowest BCUT2D eigenvalue weighted by atomic mass is 9.87. The fourth-order valence-corrected chi connectivity index (χ4v) is 2.82. The third-order valence-electron chi connectivity index (χ3n) is 4.43. The molecule has 124 valence electrons. The van der Waals surface area contributed by atoms with Gasteiger partial charge in [0.05, 0.1) is 5.60 Å². The van der Waals surface area contributed by atoms with E-state index in [1.807, 2.05) is 26.8 Å². The van der Waals surface area contributed by atoms with Crippen LogP contribution in [0.3, 0.4) is 0 Å². The predicted octanol–water partition coefficient (Wildman–Crippen LogP) is 4.99. The van der Waals surface area contributed by atoms with Crippen molar-refractivity contribution in [3.63, 3.8) is 0 Å². The van der Waals surface area contributed by atoms with E-state index in [0.717, 1.165) is 30.4 Å². The van der Waals surface area contributed by atoms with Crippen molar-refractivity contribution < 1.29 is 9.90 Å². The summed E-state index contributed by atoms with van der Waals surface area (Å²) < 4.78 is 0. The molecule has 0 aromatic rings. The van der Waals surface area contributed by atoms with Crippen LogP contribution in [0.1, 0.15) is 66.7 Å². The molecule has 0 bridgehead atoms. The highest BCUT2D eigenvalue weighted by Crippen LogP contribution is 2.24. The molecule has 1 aliphatic carbocycles. The standard InChI is InChI=1S/C20H32O2/c1-15(2)18-9-8-17(4)14-19(21)13-16(3)7-6-11-20(5,22)12-10-18/h7,10,12,14-15,18,22H,6,8-9,11,13H2,1-5H3/b12-10+,16-7+,17-14-/t18-,20-/m1/s1. The van der Waals surface area contributed by atoms with Crippen LogP contribution in [0.4, 0.5) is 0 Å². The minimum atomic E-state index is -0.775. The van der Waals surface area contributed by atoms with E-state index in [0.29, 0.717) is 24.7 Å². The minimum absolute atomic E-state index is 0.187. The monoisotopic (exact) mass is 304 g/mol. The molecule has 0 aliphatic heterocycles. The fourth-order valence-electron chi connectivity index (χ4n) is 2.82. The summed E-state index contributed by atoms with van der Waals surface area (Å²) in [5.41, 5.74) is 1.47. The van der Waals surface area contributed by atoms with E-state index in [4.69, 9.17) is 0 Å². The summed E-state index contributed by atoms with van der Waals surface area (Å²) >= 11 is 0. The van der Waals surface area contributed by atoms with Gasteiger partial charge in [0.15, 0.2) is 5.78 Å². The fraction of sp³-hybridized carbons (Fsp3) is 0.650. The second kappa shape index (κ2) is 8.47. The van der Waals surface area contributed by atoms with Crippen molar-refractivity contribution in [1.82, 2.24) is 0 Å². The van der Waals surface area contributed by atoms with Gasteiger partial charge in [-0.3, -0.25) is 4.79 Å². The molecule has 0 amide bonds. The Kier molecular flexibility index (Phi) is 7.28. The van der Waals surface area contributed by atoms with E-state index in [2.05, 4.69) is 26.0 Å². The number of carbonyl (C=O) groups is 1. The topological polar surface area (TPSA) is 37.3 Å². The van der Waals surface area contributed by atoms with Crippen LogP contribution < -0.4 is 0 Å². The van der Waals surface area contributed by atoms with Crippen LogP contribution in [0.2, 0.25) is 0 Å². The Morgan fingerprint density at radius 1 is 1.27 bits per heavy atom. The lowest BCUT2D eigenvalue weighted by Crippen LogP contribution is -2.21. The lowest BCUT2D eigenvalue weighted by molar-refractivity contribution is -0.114. The Hall–Kier alpha value is -1.15. The van der Waals surface area contributed by atoms with Crippen molar-refractivity contribution >= 4 is 5.78 Å². The second-order valence-electron chi connectivity index (χ2n) is 7.39. The van der Waals surface area contributed by atoms with Gasteiger partial charge >= 0.3 is 0 Å². The van der Waals surface area contributed by atoms with Crippen LogP contribution >= 0.6 is 0 Å². The molecular formula is C20H32O2. The normalized spacial score (nSPS) is 35.2. The highest BCUT2D eigenvalue weighted by Gasteiger charge is 2.18. The molecular weight excluding hydrogens is 272 g/mol. The van der Waals surface area contributed by atoms with Crippen LogP contribution in [0.25, 0.3) is 0 Å². The van der Waals surface area contributed by atoms with E-state index < -0.39 is 5.60 Å². The van der Waals surface area contributed by atoms with Gasteiger partial charge in [0.25, 0.3) is 0 Å². The number of aliphatic hydroxyl groups is 1. The maximum atomic E-state index is 12.0. The number of hydrogen-bond donors (Lipinski definition) is 1. The number of ketones is 1. The number of allylic oxidation sites excluding steroid dienone is 5. The molecule has 22 heavy (non-hydrogen) atoms. The lowest BCUT2D eigenvalue weighted by Gasteiger charge is -2.22. The van der Waals surface area contributed by atoms with E-state index in [1.54, 1.807) is 6.08 Å². The molecule has 0 fully saturated rings. The zero-order valence-electron chi connectivity index (χ0n) is 14.9. The molecule has 0 aromatic heterocycles. The Labute approximate surface area is 136 Å². The van der Waals surface area contributed by atoms with Crippen LogP contribution in [-0.4, -0.2) is 16.5 Å². The van der Waals surface area contributed by atoms with Gasteiger partial charge in [0, 0.05) is 6.42 Å². The third-order valence-corrected chi connectivity index (χ3v) is 4.43. The quantitative estimate of drug-likeness (QED) is 0.693. The predicted molar refractivity (Wildman–Crippen MR) is 93.7 cm³/mol. The first-order valence-electron chi connectivity index (χ1n) is 8.47. The zero-order chi connectivity index (χ0) is 16.8. The van der Waals surface area contributed by atoms with E-state index in [9.17, 15) is 9.90 Å². The van der Waals surface area contributed by atoms with E-state index in [-0.39, 0.29) is 5.78 Å². The molecule has 2 atom stereocenters. The van der Waals surface area contributed by atoms with Crippen molar-refractivity contribution in [1.29, 1.82) is 0 Å². The van der Waals surface area contributed by atoms with Crippen molar-refractivity contribution in [2.24, 2.45) is 11.8 Å². The van der Waals surface area contributed by atoms with E-state index in [1.165, 1.54) is 0 Å². The summed E-state index contributed by atoms with van der Waals surface area (Å²) in [6.07, 6.45) is 12.0. The molecule has 0 heterocycles. The Morgan fingerprint density at radius 2 is 1.95 bits per heavy atom. The molecule has 1 rings (SSSR count). The molecule has 0 radical (unpaired) electrons. The Bertz CT molecular complexity index is 464. The van der Waals surface area contributed by atoms with Gasteiger partial charge in [-0.1, -0.05) is 43.2 Å². The summed E-state index contributed by atoms with van der Waals surface area (Å²) in [4.78, 5) is 12.0. The SMILES string of the molecule is C/C1=C/C(=O)C/C(C)=C/CC[C@@](C)(O)/C=C/[C@H](C(C)C)CC1. The molecule has 2 nitrogen and oxygen atoms in total. The maximum Gasteiger partial charge on any atom is 0.159 e. The summed E-state index contributed by atoms with van der Waals surface area (Å²) in [6.45, 7) is 10.3. The minimum Gasteiger partial charge on any atom is -0.386 e. The molecule has 0 unspecified atom stereocenters. The smallest absolute Gasteiger partial charge is 0.159 e.